The number of morpholine rings is 1. The maximum atomic E-state index is 13.7. The van der Waals surface area contributed by atoms with Gasteiger partial charge in [-0.2, -0.15) is 0 Å². The Morgan fingerprint density at radius 3 is 2.65 bits per heavy atom. The summed E-state index contributed by atoms with van der Waals surface area (Å²) in [6.45, 7) is 4.60. The zero-order chi connectivity index (χ0) is 17.5. The molecule has 2 aromatic rings. The molecule has 3 rings (SSSR count). The highest BCUT2D eigenvalue weighted by molar-refractivity contribution is 5.85. The second-order valence-electron chi connectivity index (χ2n) is 6.16. The fraction of sp³-hybridized carbons (Fsp3) is 0.400. The van der Waals surface area contributed by atoms with Crippen LogP contribution in [0.1, 0.15) is 17.2 Å². The first-order chi connectivity index (χ1) is 12.3. The average Bonchev–Trinajstić information content (AvgIpc) is 2.66. The first-order valence-corrected chi connectivity index (χ1v) is 8.68. The van der Waals surface area contributed by atoms with Crippen LogP contribution < -0.4 is 10.1 Å². The van der Waals surface area contributed by atoms with E-state index in [-0.39, 0.29) is 24.3 Å². The van der Waals surface area contributed by atoms with Crippen molar-refractivity contribution in [1.82, 2.24) is 10.2 Å². The molecule has 142 valence electrons. The predicted molar refractivity (Wildman–Crippen MR) is 103 cm³/mol. The van der Waals surface area contributed by atoms with Crippen molar-refractivity contribution in [3.63, 3.8) is 0 Å². The summed E-state index contributed by atoms with van der Waals surface area (Å²) in [4.78, 5) is 2.35. The van der Waals surface area contributed by atoms with Crippen LogP contribution in [-0.2, 0) is 11.3 Å². The van der Waals surface area contributed by atoms with Crippen molar-refractivity contribution in [2.75, 3.05) is 40.0 Å². The number of ether oxygens (including phenoxy) is 2. The van der Waals surface area contributed by atoms with Gasteiger partial charge in [0.05, 0.1) is 20.3 Å². The molecule has 0 saturated carbocycles. The van der Waals surface area contributed by atoms with Gasteiger partial charge >= 0.3 is 0 Å². The molecule has 1 saturated heterocycles. The fourth-order valence-corrected chi connectivity index (χ4v) is 3.25. The number of methoxy groups -OCH3 is 1. The summed E-state index contributed by atoms with van der Waals surface area (Å²) in [5.41, 5.74) is 2.11. The third kappa shape index (κ3) is 5.42. The summed E-state index contributed by atoms with van der Waals surface area (Å²) >= 11 is 0. The normalized spacial score (nSPS) is 15.9. The van der Waals surface area contributed by atoms with E-state index in [4.69, 9.17) is 9.47 Å². The zero-order valence-electron chi connectivity index (χ0n) is 15.0. The van der Waals surface area contributed by atoms with Gasteiger partial charge in [-0.15, -0.1) is 12.4 Å². The van der Waals surface area contributed by atoms with E-state index in [0.29, 0.717) is 6.54 Å². The lowest BCUT2D eigenvalue weighted by molar-refractivity contribution is 0.0160. The Balaban J connectivity index is 0.00000243. The van der Waals surface area contributed by atoms with E-state index >= 15 is 0 Å². The number of nitrogens with one attached hydrogen (secondary N) is 1. The maximum absolute atomic E-state index is 13.7. The standard InChI is InChI=1S/C20H25FN2O2.ClH/c1-24-20-8-3-2-5-17(20)14-22-15-19(23-9-11-25-12-10-23)16-6-4-7-18(21)13-16;/h2-8,13,19,22H,9-12,14-15H2,1H3;1H. The number of rotatable bonds is 7. The molecular weight excluding hydrogens is 355 g/mol. The minimum atomic E-state index is -0.194. The van der Waals surface area contributed by atoms with Gasteiger partial charge in [-0.3, -0.25) is 4.90 Å². The highest BCUT2D eigenvalue weighted by Gasteiger charge is 2.22. The second kappa shape index (κ2) is 10.5. The van der Waals surface area contributed by atoms with Crippen molar-refractivity contribution < 1.29 is 13.9 Å². The molecule has 0 amide bonds. The molecule has 1 unspecified atom stereocenters. The molecule has 0 aliphatic carbocycles. The molecule has 6 heteroatoms. The van der Waals surface area contributed by atoms with E-state index in [1.165, 1.54) is 6.07 Å². The lowest BCUT2D eigenvalue weighted by Crippen LogP contribution is -2.42. The van der Waals surface area contributed by atoms with Crippen molar-refractivity contribution >= 4 is 12.4 Å². The molecule has 1 heterocycles. The summed E-state index contributed by atoms with van der Waals surface area (Å²) in [6, 6.07) is 15.0. The van der Waals surface area contributed by atoms with E-state index < -0.39 is 0 Å². The van der Waals surface area contributed by atoms with Crippen LogP contribution in [0.25, 0.3) is 0 Å². The van der Waals surface area contributed by atoms with Crippen LogP contribution >= 0.6 is 12.4 Å². The van der Waals surface area contributed by atoms with Crippen molar-refractivity contribution in [2.45, 2.75) is 12.6 Å². The largest absolute Gasteiger partial charge is 0.496 e. The monoisotopic (exact) mass is 380 g/mol. The smallest absolute Gasteiger partial charge is 0.123 e. The zero-order valence-corrected chi connectivity index (χ0v) is 15.8. The van der Waals surface area contributed by atoms with Gasteiger partial charge in [0.15, 0.2) is 0 Å². The molecule has 1 fully saturated rings. The molecule has 1 N–H and O–H groups in total. The van der Waals surface area contributed by atoms with Crippen molar-refractivity contribution in [3.8, 4) is 5.75 Å². The third-order valence-corrected chi connectivity index (χ3v) is 4.57. The molecule has 0 spiro atoms. The van der Waals surface area contributed by atoms with Gasteiger partial charge in [-0.1, -0.05) is 30.3 Å². The fourth-order valence-electron chi connectivity index (χ4n) is 3.25. The first-order valence-electron chi connectivity index (χ1n) is 8.68. The van der Waals surface area contributed by atoms with Gasteiger partial charge in [0.1, 0.15) is 11.6 Å². The minimum absolute atomic E-state index is 0. The second-order valence-corrected chi connectivity index (χ2v) is 6.16. The first kappa shape index (κ1) is 20.6. The third-order valence-electron chi connectivity index (χ3n) is 4.57. The van der Waals surface area contributed by atoms with Gasteiger partial charge in [0.25, 0.3) is 0 Å². The number of hydrogen-bond acceptors (Lipinski definition) is 4. The Morgan fingerprint density at radius 2 is 1.92 bits per heavy atom. The topological polar surface area (TPSA) is 33.7 Å². The molecule has 2 aromatic carbocycles. The van der Waals surface area contributed by atoms with Gasteiger partial charge in [0.2, 0.25) is 0 Å². The molecule has 1 atom stereocenters. The maximum Gasteiger partial charge on any atom is 0.123 e. The lowest BCUT2D eigenvalue weighted by Gasteiger charge is -2.35. The van der Waals surface area contributed by atoms with Crippen LogP contribution in [0.15, 0.2) is 48.5 Å². The molecule has 0 bridgehead atoms. The molecule has 1 aliphatic rings. The Hall–Kier alpha value is -1.66. The Morgan fingerprint density at radius 1 is 1.15 bits per heavy atom. The van der Waals surface area contributed by atoms with E-state index in [1.54, 1.807) is 19.2 Å². The quantitative estimate of drug-likeness (QED) is 0.798. The van der Waals surface area contributed by atoms with Crippen LogP contribution in [0.3, 0.4) is 0 Å². The van der Waals surface area contributed by atoms with E-state index in [0.717, 1.165) is 49.7 Å². The number of para-hydroxylation sites is 1. The van der Waals surface area contributed by atoms with Gasteiger partial charge in [-0.25, -0.2) is 4.39 Å². The number of benzene rings is 2. The number of nitrogens with zero attached hydrogens (tertiary/aromatic N) is 1. The van der Waals surface area contributed by atoms with Crippen LogP contribution in [0.2, 0.25) is 0 Å². The summed E-state index contributed by atoms with van der Waals surface area (Å²) in [6.07, 6.45) is 0. The van der Waals surface area contributed by atoms with Gasteiger partial charge in [-0.05, 0) is 23.8 Å². The summed E-state index contributed by atoms with van der Waals surface area (Å²) in [5, 5.41) is 3.51. The Kier molecular flexibility index (Phi) is 8.32. The SMILES string of the molecule is COc1ccccc1CNCC(c1cccc(F)c1)N1CCOCC1.Cl. The van der Waals surface area contributed by atoms with Crippen molar-refractivity contribution in [2.24, 2.45) is 0 Å². The van der Waals surface area contributed by atoms with Crippen LogP contribution in [0.5, 0.6) is 5.75 Å². The van der Waals surface area contributed by atoms with Crippen LogP contribution in [0.4, 0.5) is 4.39 Å². The predicted octanol–water partition coefficient (Wildman–Crippen LogP) is 3.42. The average molecular weight is 381 g/mol. The van der Waals surface area contributed by atoms with E-state index in [2.05, 4.69) is 16.3 Å². The summed E-state index contributed by atoms with van der Waals surface area (Å²) < 4.78 is 24.6. The minimum Gasteiger partial charge on any atom is -0.496 e. The lowest BCUT2D eigenvalue weighted by atomic mass is 10.0. The number of hydrogen-bond donors (Lipinski definition) is 1. The molecule has 0 aromatic heterocycles. The molecular formula is C20H26ClFN2O2. The molecule has 1 aliphatic heterocycles. The van der Waals surface area contributed by atoms with E-state index in [9.17, 15) is 4.39 Å². The van der Waals surface area contributed by atoms with E-state index in [1.807, 2.05) is 24.3 Å². The number of halogens is 2. The van der Waals surface area contributed by atoms with Crippen molar-refractivity contribution in [3.05, 3.63) is 65.5 Å². The van der Waals surface area contributed by atoms with Gasteiger partial charge < -0.3 is 14.8 Å². The molecule has 0 radical (unpaired) electrons. The van der Waals surface area contributed by atoms with Crippen molar-refractivity contribution in [1.29, 1.82) is 0 Å². The Labute approximate surface area is 160 Å². The molecule has 4 nitrogen and oxygen atoms in total. The van der Waals surface area contributed by atoms with Gasteiger partial charge in [0, 0.05) is 37.8 Å². The highest BCUT2D eigenvalue weighted by Crippen LogP contribution is 2.23. The van der Waals surface area contributed by atoms with Crippen LogP contribution in [-0.4, -0.2) is 44.9 Å². The summed E-state index contributed by atoms with van der Waals surface area (Å²) in [7, 11) is 1.68. The van der Waals surface area contributed by atoms with Crippen LogP contribution in [0, 0.1) is 5.82 Å². The highest BCUT2D eigenvalue weighted by atomic mass is 35.5. The summed E-state index contributed by atoms with van der Waals surface area (Å²) in [5.74, 6) is 0.684. The Bertz CT molecular complexity index is 680. The molecule has 26 heavy (non-hydrogen) atoms.